The van der Waals surface area contributed by atoms with Gasteiger partial charge in [0, 0.05) is 5.57 Å². The Hall–Kier alpha value is -1.01. The van der Waals surface area contributed by atoms with Crippen LogP contribution in [0.25, 0.3) is 0 Å². The van der Waals surface area contributed by atoms with Crippen LogP contribution in [0, 0.1) is 0 Å². The molecule has 0 saturated carbocycles. The number of likely N-dealkylation sites (N-methyl/N-ethyl adjacent to an activating group) is 1. The van der Waals surface area contributed by atoms with Crippen molar-refractivity contribution in [1.29, 1.82) is 0 Å². The molecule has 7 nitrogen and oxygen atoms in total. The molecule has 0 fully saturated rings. The van der Waals surface area contributed by atoms with Crippen LogP contribution in [0.15, 0.2) is 12.2 Å². The minimum absolute atomic E-state index is 0.0493. The molecule has 0 aliphatic heterocycles. The third-order valence-electron chi connectivity index (χ3n) is 1.64. The Kier molecular flexibility index (Phi) is 7.70. The topological polar surface area (TPSA) is 87.9 Å². The predicted molar refractivity (Wildman–Crippen MR) is 63.5 cm³/mol. The molecule has 0 bridgehead atoms. The highest BCUT2D eigenvalue weighted by Crippen LogP contribution is 2.37. The van der Waals surface area contributed by atoms with E-state index in [1.54, 1.807) is 7.05 Å². The van der Waals surface area contributed by atoms with Gasteiger partial charge in [0.1, 0.15) is 27.0 Å². The predicted octanol–water partition coefficient (Wildman–Crippen LogP) is -0.0498. The van der Waals surface area contributed by atoms with Gasteiger partial charge in [-0.15, -0.1) is 0 Å². The first-order chi connectivity index (χ1) is 8.24. The number of nitrogens with zero attached hydrogens (tertiary/aromatic N) is 1. The van der Waals surface area contributed by atoms with Gasteiger partial charge in [0.2, 0.25) is 0 Å². The third-order valence-corrected chi connectivity index (χ3v) is 2.63. The number of hydrogen-bond acceptors (Lipinski definition) is 6. The van der Waals surface area contributed by atoms with Crippen molar-refractivity contribution >= 4 is 20.5 Å². The number of phosphoric acid groups is 1. The Balaban J connectivity index is 3.77. The molecular weight excluding hydrogens is 261 g/mol. The highest BCUT2D eigenvalue weighted by atomic mass is 31.2. The van der Waals surface area contributed by atoms with E-state index in [0.717, 1.165) is 0 Å². The molecule has 0 rings (SSSR count). The largest absolute Gasteiger partial charge is 0.756 e. The molecule has 0 saturated heterocycles. The molecule has 0 aromatic carbocycles. The van der Waals surface area contributed by atoms with Gasteiger partial charge in [0.25, 0.3) is 7.82 Å². The summed E-state index contributed by atoms with van der Waals surface area (Å²) in [6.45, 7) is 8.21. The zero-order valence-electron chi connectivity index (χ0n) is 10.6. The fourth-order valence-electron chi connectivity index (χ4n) is 0.752. The lowest BCUT2D eigenvalue weighted by atomic mass is 10.4. The lowest BCUT2D eigenvalue weighted by molar-refractivity contribution is -0.490. The molecule has 0 aliphatic carbocycles. The number of rotatable bonds is 9. The quantitative estimate of drug-likeness (QED) is 0.147. The van der Waals surface area contributed by atoms with Crippen molar-refractivity contribution in [1.82, 2.24) is 0 Å². The highest BCUT2D eigenvalue weighted by Gasteiger charge is 2.11. The Bertz CT molecular complexity index is 367. The van der Waals surface area contributed by atoms with E-state index in [2.05, 4.69) is 27.1 Å². The van der Waals surface area contributed by atoms with Gasteiger partial charge in [-0.3, -0.25) is 4.57 Å². The van der Waals surface area contributed by atoms with Crippen LogP contribution in [0.2, 0.25) is 0 Å². The SMILES string of the molecule is C=C(C)C(=O)OCCOP(=O)([O-])OCC[N+](=C)C. The van der Waals surface area contributed by atoms with Gasteiger partial charge >= 0.3 is 5.97 Å². The fraction of sp³-hybridized carbons (Fsp3) is 0.600. The number of carbonyl (C=O) groups excluding carboxylic acids is 1. The molecule has 0 N–H and O–H groups in total. The Morgan fingerprint density at radius 1 is 1.33 bits per heavy atom. The van der Waals surface area contributed by atoms with Crippen molar-refractivity contribution in [3.8, 4) is 0 Å². The summed E-state index contributed by atoms with van der Waals surface area (Å²) in [6, 6.07) is 0. The molecule has 0 aliphatic rings. The van der Waals surface area contributed by atoms with Crippen LogP contribution in [0.1, 0.15) is 6.92 Å². The van der Waals surface area contributed by atoms with Crippen molar-refractivity contribution in [2.45, 2.75) is 6.92 Å². The summed E-state index contributed by atoms with van der Waals surface area (Å²) in [5, 5.41) is 0. The number of carbonyl (C=O) groups is 1. The average Bonchev–Trinajstić information content (AvgIpc) is 2.23. The first-order valence-electron chi connectivity index (χ1n) is 5.19. The van der Waals surface area contributed by atoms with Gasteiger partial charge in [-0.25, -0.2) is 9.37 Å². The smallest absolute Gasteiger partial charge is 0.333 e. The average molecular weight is 279 g/mol. The molecule has 1 unspecified atom stereocenters. The molecule has 0 heterocycles. The normalized spacial score (nSPS) is 13.7. The van der Waals surface area contributed by atoms with E-state index in [-0.39, 0.29) is 25.4 Å². The van der Waals surface area contributed by atoms with Gasteiger partial charge in [-0.1, -0.05) is 6.58 Å². The van der Waals surface area contributed by atoms with Crippen LogP contribution in [0.4, 0.5) is 0 Å². The van der Waals surface area contributed by atoms with Gasteiger partial charge in [0.15, 0.2) is 6.54 Å². The number of hydrogen-bond donors (Lipinski definition) is 0. The number of esters is 1. The van der Waals surface area contributed by atoms with Crippen LogP contribution in [-0.4, -0.2) is 50.7 Å². The molecule has 0 spiro atoms. The van der Waals surface area contributed by atoms with E-state index >= 15 is 0 Å². The summed E-state index contributed by atoms with van der Waals surface area (Å²) >= 11 is 0. The van der Waals surface area contributed by atoms with Crippen LogP contribution in [-0.2, 0) is 23.1 Å². The zero-order chi connectivity index (χ0) is 14.2. The van der Waals surface area contributed by atoms with Crippen LogP contribution >= 0.6 is 7.82 Å². The maximum absolute atomic E-state index is 11.2. The maximum atomic E-state index is 11.2. The molecule has 18 heavy (non-hydrogen) atoms. The van der Waals surface area contributed by atoms with Crippen molar-refractivity contribution < 1.29 is 32.6 Å². The molecule has 1 atom stereocenters. The lowest BCUT2D eigenvalue weighted by Crippen LogP contribution is -2.17. The van der Waals surface area contributed by atoms with Crippen molar-refractivity contribution in [2.24, 2.45) is 0 Å². The number of phosphoric ester groups is 1. The number of ether oxygens (including phenoxy) is 1. The lowest BCUT2D eigenvalue weighted by Gasteiger charge is -2.21. The van der Waals surface area contributed by atoms with Crippen molar-refractivity contribution in [3.05, 3.63) is 12.2 Å². The van der Waals surface area contributed by atoms with E-state index in [4.69, 9.17) is 0 Å². The molecule has 0 radical (unpaired) electrons. The summed E-state index contributed by atoms with van der Waals surface area (Å²) in [6.07, 6.45) is 0. The summed E-state index contributed by atoms with van der Waals surface area (Å²) in [7, 11) is -2.67. The minimum Gasteiger partial charge on any atom is -0.756 e. The summed E-state index contributed by atoms with van der Waals surface area (Å²) in [5.41, 5.74) is 0.232. The monoisotopic (exact) mass is 279 g/mol. The van der Waals surface area contributed by atoms with Gasteiger partial charge in [-0.2, -0.15) is 0 Å². The molecule has 8 heteroatoms. The van der Waals surface area contributed by atoms with Crippen LogP contribution in [0.3, 0.4) is 0 Å². The van der Waals surface area contributed by atoms with Crippen LogP contribution in [0.5, 0.6) is 0 Å². The second-order valence-electron chi connectivity index (χ2n) is 3.61. The molecule has 0 amide bonds. The van der Waals surface area contributed by atoms with Gasteiger partial charge in [0.05, 0.1) is 6.61 Å². The van der Waals surface area contributed by atoms with Crippen LogP contribution < -0.4 is 4.89 Å². The highest BCUT2D eigenvalue weighted by molar-refractivity contribution is 7.45. The Morgan fingerprint density at radius 2 is 1.89 bits per heavy atom. The summed E-state index contributed by atoms with van der Waals surface area (Å²) in [5.74, 6) is -0.598. The summed E-state index contributed by atoms with van der Waals surface area (Å²) in [4.78, 5) is 22.1. The van der Waals surface area contributed by atoms with E-state index in [9.17, 15) is 14.3 Å². The van der Waals surface area contributed by atoms with Crippen molar-refractivity contribution in [3.63, 3.8) is 0 Å². The van der Waals surface area contributed by atoms with Crippen molar-refractivity contribution in [2.75, 3.05) is 33.4 Å². The first kappa shape index (κ1) is 17.0. The van der Waals surface area contributed by atoms with E-state index in [1.807, 2.05) is 0 Å². The minimum atomic E-state index is -4.35. The second kappa shape index (κ2) is 8.16. The molecule has 0 aromatic rings. The van der Waals surface area contributed by atoms with Gasteiger partial charge in [-0.05, 0) is 6.92 Å². The van der Waals surface area contributed by atoms with E-state index < -0.39 is 13.8 Å². The Labute approximate surface area is 106 Å². The Morgan fingerprint density at radius 3 is 2.39 bits per heavy atom. The van der Waals surface area contributed by atoms with Gasteiger partial charge < -0.3 is 18.7 Å². The first-order valence-corrected chi connectivity index (χ1v) is 6.65. The molecular formula is C10H18NO6P. The zero-order valence-corrected chi connectivity index (χ0v) is 11.5. The molecule has 104 valence electrons. The summed E-state index contributed by atoms with van der Waals surface area (Å²) < 4.78 is 26.3. The third kappa shape index (κ3) is 9.07. The standard InChI is InChI=1S/C10H18NO6P/c1-9(2)10(12)15-7-8-17-18(13,14)16-6-5-11(3)4/h1,3,5-8H2,2,4H3. The maximum Gasteiger partial charge on any atom is 0.333 e. The van der Waals surface area contributed by atoms with E-state index in [0.29, 0.717) is 6.54 Å². The second-order valence-corrected chi connectivity index (χ2v) is 5.02. The fourth-order valence-corrected chi connectivity index (χ4v) is 1.43. The molecule has 0 aromatic heterocycles. The van der Waals surface area contributed by atoms with E-state index in [1.165, 1.54) is 11.5 Å².